The van der Waals surface area contributed by atoms with Gasteiger partial charge in [-0.05, 0) is 31.9 Å². The quantitative estimate of drug-likeness (QED) is 0.880. The topological polar surface area (TPSA) is 45.2 Å². The van der Waals surface area contributed by atoms with Gasteiger partial charge in [0.25, 0.3) is 5.91 Å². The third-order valence-electron chi connectivity index (χ3n) is 3.12. The zero-order valence-corrected chi connectivity index (χ0v) is 10.8. The summed E-state index contributed by atoms with van der Waals surface area (Å²) < 4.78 is 0. The van der Waals surface area contributed by atoms with E-state index < -0.39 is 0 Å². The molecular formula is C12H16ClN3O. The molecule has 1 saturated heterocycles. The molecule has 0 spiro atoms. The van der Waals surface area contributed by atoms with Crippen LogP contribution in [0.3, 0.4) is 0 Å². The number of hydrogen-bond donors (Lipinski definition) is 1. The highest BCUT2D eigenvalue weighted by atomic mass is 35.5. The molecule has 4 nitrogen and oxygen atoms in total. The Morgan fingerprint density at radius 3 is 2.94 bits per heavy atom. The maximum absolute atomic E-state index is 12.3. The summed E-state index contributed by atoms with van der Waals surface area (Å²) in [6, 6.07) is 3.74. The van der Waals surface area contributed by atoms with Crippen LogP contribution in [0.4, 0.5) is 5.82 Å². The predicted octanol–water partition coefficient (Wildman–Crippen LogP) is 2.40. The molecule has 0 radical (unpaired) electrons. The molecule has 1 amide bonds. The molecule has 92 valence electrons. The Kier molecular flexibility index (Phi) is 3.52. The van der Waals surface area contributed by atoms with Crippen molar-refractivity contribution < 1.29 is 4.79 Å². The average molecular weight is 254 g/mol. The van der Waals surface area contributed by atoms with E-state index >= 15 is 0 Å². The number of carbonyl (C=O) groups excluding carboxylic acids is 1. The van der Waals surface area contributed by atoms with Crippen LogP contribution in [0.2, 0.25) is 5.02 Å². The average Bonchev–Trinajstić information content (AvgIpc) is 2.75. The van der Waals surface area contributed by atoms with Gasteiger partial charge in [-0.25, -0.2) is 4.98 Å². The van der Waals surface area contributed by atoms with Crippen molar-refractivity contribution in [1.29, 1.82) is 0 Å². The largest absolute Gasteiger partial charge is 0.373 e. The number of likely N-dealkylation sites (tertiary alicyclic amines) is 1. The van der Waals surface area contributed by atoms with Crippen LogP contribution in [0.5, 0.6) is 0 Å². The highest BCUT2D eigenvalue weighted by molar-refractivity contribution is 6.33. The van der Waals surface area contributed by atoms with Gasteiger partial charge >= 0.3 is 0 Å². The molecule has 1 atom stereocenters. The van der Waals surface area contributed by atoms with Crippen LogP contribution in [0, 0.1) is 0 Å². The summed E-state index contributed by atoms with van der Waals surface area (Å²) in [5, 5.41) is 3.32. The summed E-state index contributed by atoms with van der Waals surface area (Å²) in [5.41, 5.74) is 0.340. The Labute approximate surface area is 106 Å². The van der Waals surface area contributed by atoms with Crippen molar-refractivity contribution in [3.63, 3.8) is 0 Å². The molecule has 17 heavy (non-hydrogen) atoms. The zero-order valence-electron chi connectivity index (χ0n) is 10.0. The molecule has 0 saturated carbocycles. The molecule has 1 aliphatic heterocycles. The summed E-state index contributed by atoms with van der Waals surface area (Å²) in [7, 11) is 1.77. The van der Waals surface area contributed by atoms with Gasteiger partial charge in [-0.3, -0.25) is 4.79 Å². The van der Waals surface area contributed by atoms with Gasteiger partial charge in [-0.2, -0.15) is 0 Å². The first-order chi connectivity index (χ1) is 8.13. The Morgan fingerprint density at radius 2 is 2.35 bits per heavy atom. The first-order valence-corrected chi connectivity index (χ1v) is 6.16. The monoisotopic (exact) mass is 253 g/mol. The molecule has 0 aliphatic carbocycles. The van der Waals surface area contributed by atoms with Gasteiger partial charge in [-0.1, -0.05) is 11.6 Å². The molecule has 0 bridgehead atoms. The second-order valence-corrected chi connectivity index (χ2v) is 4.67. The molecule has 1 aromatic heterocycles. The lowest BCUT2D eigenvalue weighted by atomic mass is 10.2. The number of halogens is 1. The van der Waals surface area contributed by atoms with E-state index in [0.29, 0.717) is 16.5 Å². The van der Waals surface area contributed by atoms with Crippen molar-refractivity contribution in [1.82, 2.24) is 9.88 Å². The normalized spacial score (nSPS) is 19.5. The van der Waals surface area contributed by atoms with E-state index in [-0.39, 0.29) is 11.9 Å². The fourth-order valence-corrected chi connectivity index (χ4v) is 2.29. The van der Waals surface area contributed by atoms with Crippen LogP contribution >= 0.6 is 11.6 Å². The van der Waals surface area contributed by atoms with Gasteiger partial charge in [0, 0.05) is 19.6 Å². The van der Waals surface area contributed by atoms with Gasteiger partial charge in [-0.15, -0.1) is 0 Å². The lowest BCUT2D eigenvalue weighted by molar-refractivity contribution is 0.0742. The van der Waals surface area contributed by atoms with Crippen LogP contribution in [0.25, 0.3) is 0 Å². The van der Waals surface area contributed by atoms with Crippen LogP contribution in [-0.2, 0) is 0 Å². The Bertz CT molecular complexity index is 436. The zero-order chi connectivity index (χ0) is 12.4. The Balaban J connectivity index is 2.29. The number of carbonyl (C=O) groups is 1. The van der Waals surface area contributed by atoms with E-state index in [2.05, 4.69) is 17.2 Å². The lowest BCUT2D eigenvalue weighted by Crippen LogP contribution is -2.34. The maximum Gasteiger partial charge on any atom is 0.274 e. The van der Waals surface area contributed by atoms with Crippen molar-refractivity contribution in [3.05, 3.63) is 22.8 Å². The smallest absolute Gasteiger partial charge is 0.274 e. The second kappa shape index (κ2) is 4.92. The van der Waals surface area contributed by atoms with Gasteiger partial charge < -0.3 is 10.2 Å². The third-order valence-corrected chi connectivity index (χ3v) is 3.42. The number of nitrogens with one attached hydrogen (secondary N) is 1. The SMILES string of the molecule is CNc1ccc(Cl)c(C(=O)N2CCCC2C)n1. The van der Waals surface area contributed by atoms with Crippen molar-refractivity contribution in [2.75, 3.05) is 18.9 Å². The summed E-state index contributed by atoms with van der Waals surface area (Å²) in [4.78, 5) is 18.4. The molecular weight excluding hydrogens is 238 g/mol. The molecule has 2 heterocycles. The molecule has 1 fully saturated rings. The minimum atomic E-state index is -0.0721. The number of rotatable bonds is 2. The van der Waals surface area contributed by atoms with E-state index in [1.807, 2.05) is 4.90 Å². The standard InChI is InChI=1S/C12H16ClN3O/c1-8-4-3-7-16(8)12(17)11-9(13)5-6-10(14-2)15-11/h5-6,8H,3-4,7H2,1-2H3,(H,14,15). The van der Waals surface area contributed by atoms with Crippen LogP contribution in [0.15, 0.2) is 12.1 Å². The number of hydrogen-bond acceptors (Lipinski definition) is 3. The number of anilines is 1. The van der Waals surface area contributed by atoms with Gasteiger partial charge in [0.2, 0.25) is 0 Å². The summed E-state index contributed by atoms with van der Waals surface area (Å²) in [6.07, 6.45) is 2.10. The molecule has 2 rings (SSSR count). The number of aromatic nitrogens is 1. The fourth-order valence-electron chi connectivity index (χ4n) is 2.10. The van der Waals surface area contributed by atoms with Crippen molar-refractivity contribution in [2.45, 2.75) is 25.8 Å². The molecule has 1 unspecified atom stereocenters. The fraction of sp³-hybridized carbons (Fsp3) is 0.500. The minimum absolute atomic E-state index is 0.0721. The van der Waals surface area contributed by atoms with E-state index in [1.54, 1.807) is 19.2 Å². The summed E-state index contributed by atoms with van der Waals surface area (Å²) in [6.45, 7) is 2.85. The molecule has 5 heteroatoms. The van der Waals surface area contributed by atoms with Gasteiger partial charge in [0.1, 0.15) is 11.5 Å². The van der Waals surface area contributed by atoms with Crippen molar-refractivity contribution in [3.8, 4) is 0 Å². The van der Waals surface area contributed by atoms with E-state index in [4.69, 9.17) is 11.6 Å². The second-order valence-electron chi connectivity index (χ2n) is 4.27. The van der Waals surface area contributed by atoms with Crippen LogP contribution in [0.1, 0.15) is 30.3 Å². The number of amides is 1. The minimum Gasteiger partial charge on any atom is -0.373 e. The molecule has 0 aromatic carbocycles. The highest BCUT2D eigenvalue weighted by Gasteiger charge is 2.28. The third kappa shape index (κ3) is 2.36. The predicted molar refractivity (Wildman–Crippen MR) is 68.5 cm³/mol. The Hall–Kier alpha value is -1.29. The summed E-state index contributed by atoms with van der Waals surface area (Å²) >= 11 is 6.04. The molecule has 1 N–H and O–H groups in total. The number of pyridine rings is 1. The summed E-state index contributed by atoms with van der Waals surface area (Å²) in [5.74, 6) is 0.585. The van der Waals surface area contributed by atoms with E-state index in [0.717, 1.165) is 19.4 Å². The van der Waals surface area contributed by atoms with Crippen LogP contribution in [-0.4, -0.2) is 35.4 Å². The molecule has 1 aromatic rings. The first kappa shape index (κ1) is 12.2. The van der Waals surface area contributed by atoms with E-state index in [9.17, 15) is 4.79 Å². The number of nitrogens with zero attached hydrogens (tertiary/aromatic N) is 2. The van der Waals surface area contributed by atoms with Crippen LogP contribution < -0.4 is 5.32 Å². The lowest BCUT2D eigenvalue weighted by Gasteiger charge is -2.21. The van der Waals surface area contributed by atoms with Gasteiger partial charge in [0.15, 0.2) is 0 Å². The highest BCUT2D eigenvalue weighted by Crippen LogP contribution is 2.23. The van der Waals surface area contributed by atoms with Crippen molar-refractivity contribution in [2.24, 2.45) is 0 Å². The van der Waals surface area contributed by atoms with Crippen molar-refractivity contribution >= 4 is 23.3 Å². The van der Waals surface area contributed by atoms with Gasteiger partial charge in [0.05, 0.1) is 5.02 Å². The van der Waals surface area contributed by atoms with E-state index in [1.165, 1.54) is 0 Å². The Morgan fingerprint density at radius 1 is 1.59 bits per heavy atom. The maximum atomic E-state index is 12.3. The molecule has 1 aliphatic rings. The first-order valence-electron chi connectivity index (χ1n) is 5.78.